The first kappa shape index (κ1) is 18.7. The molecule has 116 valence electrons. The van der Waals surface area contributed by atoms with E-state index in [4.69, 9.17) is 4.74 Å². The van der Waals surface area contributed by atoms with Crippen LogP contribution in [-0.4, -0.2) is 56.8 Å². The van der Waals surface area contributed by atoms with Gasteiger partial charge in [-0.3, -0.25) is 4.74 Å². The smallest absolute Gasteiger partial charge is 0.287 e. The van der Waals surface area contributed by atoms with Crippen LogP contribution in [0.1, 0.15) is 40.0 Å². The molecule has 0 aliphatic heterocycles. The van der Waals surface area contributed by atoms with Gasteiger partial charge in [0.1, 0.15) is 0 Å². The van der Waals surface area contributed by atoms with Crippen molar-refractivity contribution >= 4 is 0 Å². The lowest BCUT2D eigenvalue weighted by atomic mass is 10.0. The maximum absolute atomic E-state index is 9.73. The molecule has 2 atom stereocenters. The van der Waals surface area contributed by atoms with Crippen LogP contribution in [-0.2, 0) is 9.47 Å². The summed E-state index contributed by atoms with van der Waals surface area (Å²) in [6, 6.07) is 0. The number of rotatable bonds is 10. The Kier molecular flexibility index (Phi) is 7.99. The van der Waals surface area contributed by atoms with Crippen molar-refractivity contribution in [3.63, 3.8) is 0 Å². The molecule has 0 saturated heterocycles. The number of hydrogen-bond acceptors (Lipinski definition) is 7. The molecule has 0 heterocycles. The summed E-state index contributed by atoms with van der Waals surface area (Å²) in [5.41, 5.74) is 0. The zero-order valence-corrected chi connectivity index (χ0v) is 11.7. The average molecular weight is 282 g/mol. The predicted octanol–water partition coefficient (Wildman–Crippen LogP) is -0.497. The van der Waals surface area contributed by atoms with Gasteiger partial charge in [0.05, 0.1) is 18.6 Å². The van der Waals surface area contributed by atoms with E-state index >= 15 is 0 Å². The van der Waals surface area contributed by atoms with Crippen LogP contribution in [0.15, 0.2) is 0 Å². The van der Waals surface area contributed by atoms with Gasteiger partial charge in [0.15, 0.2) is 0 Å². The molecule has 19 heavy (non-hydrogen) atoms. The highest BCUT2D eigenvalue weighted by molar-refractivity contribution is 4.74. The van der Waals surface area contributed by atoms with Gasteiger partial charge in [-0.05, 0) is 6.42 Å². The Hall–Kier alpha value is -0.280. The highest BCUT2D eigenvalue weighted by Gasteiger charge is 2.44. The van der Waals surface area contributed by atoms with Crippen molar-refractivity contribution in [2.75, 3.05) is 13.2 Å². The van der Waals surface area contributed by atoms with Gasteiger partial charge in [0.2, 0.25) is 0 Å². The second-order valence-electron chi connectivity index (χ2n) is 4.59. The zero-order chi connectivity index (χ0) is 15.1. The molecule has 0 aliphatic carbocycles. The monoisotopic (exact) mass is 282 g/mol. The molecule has 2 unspecified atom stereocenters. The molecule has 0 aromatic carbocycles. The minimum Gasteiger partial charge on any atom is -0.394 e. The molecule has 7 nitrogen and oxygen atoms in total. The fourth-order valence-corrected chi connectivity index (χ4v) is 1.38. The summed E-state index contributed by atoms with van der Waals surface area (Å²) in [5.74, 6) is -6.54. The molecular formula is C12H26O7. The van der Waals surface area contributed by atoms with Gasteiger partial charge in [-0.2, -0.15) is 0 Å². The van der Waals surface area contributed by atoms with E-state index in [0.717, 1.165) is 12.8 Å². The number of ether oxygens (including phenoxy) is 2. The second kappa shape index (κ2) is 8.11. The quantitative estimate of drug-likeness (QED) is 0.271. The van der Waals surface area contributed by atoms with E-state index in [2.05, 4.69) is 4.74 Å². The topological polar surface area (TPSA) is 120 Å². The van der Waals surface area contributed by atoms with Crippen molar-refractivity contribution in [3.8, 4) is 0 Å². The fraction of sp³-hybridized carbons (Fsp3) is 1.00. The number of hydrogen-bond donors (Lipinski definition) is 5. The van der Waals surface area contributed by atoms with E-state index in [0.29, 0.717) is 6.61 Å². The summed E-state index contributed by atoms with van der Waals surface area (Å²) in [6.45, 7) is 4.67. The largest absolute Gasteiger partial charge is 0.394 e. The van der Waals surface area contributed by atoms with E-state index in [-0.39, 0.29) is 6.42 Å². The van der Waals surface area contributed by atoms with Crippen molar-refractivity contribution in [3.05, 3.63) is 0 Å². The van der Waals surface area contributed by atoms with Gasteiger partial charge >= 0.3 is 0 Å². The molecule has 0 spiro atoms. The predicted molar refractivity (Wildman–Crippen MR) is 66.6 cm³/mol. The lowest BCUT2D eigenvalue weighted by Gasteiger charge is -2.36. The molecule has 0 aliphatic rings. The first-order valence-electron chi connectivity index (χ1n) is 6.52. The van der Waals surface area contributed by atoms with Crippen LogP contribution in [0.5, 0.6) is 0 Å². The summed E-state index contributed by atoms with van der Waals surface area (Å²) in [5, 5.41) is 47.2. The molecule has 7 heteroatoms. The number of aliphatic hydroxyl groups excluding tert-OH is 1. The lowest BCUT2D eigenvalue weighted by Crippen LogP contribution is -2.52. The van der Waals surface area contributed by atoms with Crippen LogP contribution in [0.4, 0.5) is 0 Å². The van der Waals surface area contributed by atoms with Crippen molar-refractivity contribution in [2.24, 2.45) is 5.92 Å². The summed E-state index contributed by atoms with van der Waals surface area (Å²) in [6.07, 6.45) is 0.545. The standard InChI is InChI=1S/C12H26O7/c1-4-6-7-18-10(8-13)9(3)12(16,17)19-11(14,15)5-2/h9-10,13-17H,4-8H2,1-3H3. The summed E-state index contributed by atoms with van der Waals surface area (Å²) in [4.78, 5) is 0. The van der Waals surface area contributed by atoms with Gasteiger partial charge in [-0.1, -0.05) is 27.2 Å². The molecule has 0 bridgehead atoms. The van der Waals surface area contributed by atoms with E-state index in [1.165, 1.54) is 13.8 Å². The van der Waals surface area contributed by atoms with Crippen molar-refractivity contribution in [1.29, 1.82) is 0 Å². The number of unbranched alkanes of at least 4 members (excludes halogenated alkanes) is 1. The molecule has 0 radical (unpaired) electrons. The molecular weight excluding hydrogens is 256 g/mol. The molecule has 0 saturated carbocycles. The molecule has 5 N–H and O–H groups in total. The summed E-state index contributed by atoms with van der Waals surface area (Å²) >= 11 is 0. The Labute approximate surface area is 113 Å². The fourth-order valence-electron chi connectivity index (χ4n) is 1.38. The Morgan fingerprint density at radius 1 is 1.11 bits per heavy atom. The van der Waals surface area contributed by atoms with Gasteiger partial charge in [-0.25, -0.2) is 0 Å². The van der Waals surface area contributed by atoms with E-state index in [1.807, 2.05) is 6.92 Å². The van der Waals surface area contributed by atoms with Crippen LogP contribution < -0.4 is 0 Å². The third-order valence-electron chi connectivity index (χ3n) is 2.93. The van der Waals surface area contributed by atoms with Crippen molar-refractivity contribution in [2.45, 2.75) is 58.1 Å². The average Bonchev–Trinajstić information content (AvgIpc) is 2.33. The zero-order valence-electron chi connectivity index (χ0n) is 11.7. The normalized spacial score (nSPS) is 16.4. The summed E-state index contributed by atoms with van der Waals surface area (Å²) in [7, 11) is 0. The van der Waals surface area contributed by atoms with Crippen LogP contribution in [0.3, 0.4) is 0 Å². The van der Waals surface area contributed by atoms with Gasteiger partial charge in [-0.15, -0.1) is 0 Å². The minimum atomic E-state index is -2.82. The number of aliphatic hydroxyl groups is 5. The second-order valence-corrected chi connectivity index (χ2v) is 4.59. The van der Waals surface area contributed by atoms with Gasteiger partial charge < -0.3 is 30.3 Å². The van der Waals surface area contributed by atoms with Crippen LogP contribution in [0.2, 0.25) is 0 Å². The SMILES string of the molecule is CCCCOC(CO)C(C)C(O)(O)OC(O)(O)CC. The molecule has 0 fully saturated rings. The highest BCUT2D eigenvalue weighted by atomic mass is 16.9. The Morgan fingerprint density at radius 3 is 2.11 bits per heavy atom. The summed E-state index contributed by atoms with van der Waals surface area (Å²) < 4.78 is 9.77. The van der Waals surface area contributed by atoms with Crippen LogP contribution in [0, 0.1) is 5.92 Å². The highest BCUT2D eigenvalue weighted by Crippen LogP contribution is 2.26. The Balaban J connectivity index is 4.59. The first-order chi connectivity index (χ1) is 8.70. The molecule has 0 aromatic rings. The van der Waals surface area contributed by atoms with Gasteiger partial charge in [0.25, 0.3) is 11.9 Å². The minimum absolute atomic E-state index is 0.247. The van der Waals surface area contributed by atoms with E-state index < -0.39 is 30.6 Å². The maximum atomic E-state index is 9.73. The van der Waals surface area contributed by atoms with Crippen molar-refractivity contribution in [1.82, 2.24) is 0 Å². The van der Waals surface area contributed by atoms with Crippen molar-refractivity contribution < 1.29 is 35.0 Å². The van der Waals surface area contributed by atoms with Gasteiger partial charge in [0, 0.05) is 13.0 Å². The maximum Gasteiger partial charge on any atom is 0.287 e. The van der Waals surface area contributed by atoms with E-state index in [1.54, 1.807) is 0 Å². The molecule has 0 aromatic heterocycles. The molecule has 0 rings (SSSR count). The Morgan fingerprint density at radius 2 is 1.68 bits per heavy atom. The third kappa shape index (κ3) is 6.62. The van der Waals surface area contributed by atoms with Crippen LogP contribution >= 0.6 is 0 Å². The van der Waals surface area contributed by atoms with E-state index in [9.17, 15) is 25.5 Å². The lowest BCUT2D eigenvalue weighted by molar-refractivity contribution is -0.488. The Bertz CT molecular complexity index is 242. The first-order valence-corrected chi connectivity index (χ1v) is 6.52. The third-order valence-corrected chi connectivity index (χ3v) is 2.93. The van der Waals surface area contributed by atoms with Crippen LogP contribution in [0.25, 0.3) is 0 Å². The molecule has 0 amide bonds.